The molecule has 0 atom stereocenters. The summed E-state index contributed by atoms with van der Waals surface area (Å²) >= 11 is 1.35. The largest absolute Gasteiger partial charge is 0.455 e. The molecule has 1 fully saturated rings. The summed E-state index contributed by atoms with van der Waals surface area (Å²) in [5.74, 6) is 1.08. The van der Waals surface area contributed by atoms with Gasteiger partial charge in [-0.25, -0.2) is 9.78 Å². The Kier molecular flexibility index (Phi) is 5.44. The number of rotatable bonds is 6. The first kappa shape index (κ1) is 18.9. The van der Waals surface area contributed by atoms with E-state index in [1.807, 2.05) is 49.4 Å². The number of amides is 3. The fourth-order valence-corrected chi connectivity index (χ4v) is 3.83. The summed E-state index contributed by atoms with van der Waals surface area (Å²) < 4.78 is 5.95. The average molecular weight is 408 g/mol. The lowest BCUT2D eigenvalue weighted by Crippen LogP contribution is -2.27. The van der Waals surface area contributed by atoms with Crippen molar-refractivity contribution in [3.63, 3.8) is 0 Å². The number of anilines is 2. The third-order valence-electron chi connectivity index (χ3n) is 4.35. The molecule has 1 aliphatic heterocycles. The van der Waals surface area contributed by atoms with Gasteiger partial charge in [0.2, 0.25) is 5.91 Å². The Hall–Kier alpha value is -3.39. The van der Waals surface area contributed by atoms with Crippen LogP contribution in [-0.2, 0) is 11.2 Å². The number of thiazole rings is 1. The van der Waals surface area contributed by atoms with Gasteiger partial charge in [0.05, 0.1) is 17.8 Å². The minimum atomic E-state index is -0.201. The van der Waals surface area contributed by atoms with E-state index in [0.717, 1.165) is 5.56 Å². The molecule has 0 saturated carbocycles. The Balaban J connectivity index is 1.42. The average Bonchev–Trinajstić information content (AvgIpc) is 3.32. The quantitative estimate of drug-likeness (QED) is 0.647. The van der Waals surface area contributed by atoms with Crippen LogP contribution >= 0.6 is 11.3 Å². The summed E-state index contributed by atoms with van der Waals surface area (Å²) in [5, 5.41) is 8.03. The van der Waals surface area contributed by atoms with E-state index >= 15 is 0 Å². The van der Waals surface area contributed by atoms with Gasteiger partial charge in [0.1, 0.15) is 5.75 Å². The zero-order chi connectivity index (χ0) is 20.2. The highest BCUT2D eigenvalue weighted by Gasteiger charge is 2.24. The van der Waals surface area contributed by atoms with Crippen LogP contribution < -0.4 is 20.3 Å². The van der Waals surface area contributed by atoms with E-state index < -0.39 is 0 Å². The first-order chi connectivity index (χ1) is 14.1. The Morgan fingerprint density at radius 2 is 2.14 bits per heavy atom. The van der Waals surface area contributed by atoms with Crippen LogP contribution in [0, 0.1) is 6.92 Å². The molecule has 2 aromatic carbocycles. The number of nitrogens with one attached hydrogen (secondary N) is 2. The number of hydrogen-bond donors (Lipinski definition) is 2. The van der Waals surface area contributed by atoms with Crippen molar-refractivity contribution in [2.45, 2.75) is 13.3 Å². The Morgan fingerprint density at radius 1 is 1.28 bits per heavy atom. The van der Waals surface area contributed by atoms with Crippen molar-refractivity contribution < 1.29 is 14.3 Å². The van der Waals surface area contributed by atoms with Gasteiger partial charge in [0.15, 0.2) is 10.9 Å². The number of aromatic nitrogens is 1. The maximum atomic E-state index is 12.5. The van der Waals surface area contributed by atoms with Crippen molar-refractivity contribution >= 4 is 34.1 Å². The van der Waals surface area contributed by atoms with Gasteiger partial charge in [-0.15, -0.1) is 11.3 Å². The highest BCUT2D eigenvalue weighted by atomic mass is 32.1. The SMILES string of the molecule is Cc1cccc(Oc2ccccc2NC(=O)Cc2csc(N3CCNC3=O)n2)c1. The number of aryl methyl sites for hydroxylation is 1. The van der Waals surface area contributed by atoms with Crippen LogP contribution in [0.3, 0.4) is 0 Å². The molecule has 1 aliphatic rings. The minimum absolute atomic E-state index is 0.116. The lowest BCUT2D eigenvalue weighted by Gasteiger charge is -2.12. The number of nitrogens with zero attached hydrogens (tertiary/aromatic N) is 2. The van der Waals surface area contributed by atoms with Crippen LogP contribution in [0.25, 0.3) is 0 Å². The van der Waals surface area contributed by atoms with Crippen molar-refractivity contribution in [2.24, 2.45) is 0 Å². The molecule has 2 heterocycles. The van der Waals surface area contributed by atoms with Crippen molar-refractivity contribution in [3.8, 4) is 11.5 Å². The number of carbonyl (C=O) groups is 2. The van der Waals surface area contributed by atoms with E-state index in [0.29, 0.717) is 41.1 Å². The zero-order valence-corrected chi connectivity index (χ0v) is 16.7. The number of hydrogen-bond acceptors (Lipinski definition) is 5. The summed E-state index contributed by atoms with van der Waals surface area (Å²) in [6, 6.07) is 14.9. The van der Waals surface area contributed by atoms with Gasteiger partial charge in [-0.1, -0.05) is 24.3 Å². The van der Waals surface area contributed by atoms with Crippen molar-refractivity contribution in [3.05, 3.63) is 65.2 Å². The van der Waals surface area contributed by atoms with Gasteiger partial charge in [-0.2, -0.15) is 0 Å². The summed E-state index contributed by atoms with van der Waals surface area (Å²) in [4.78, 5) is 30.3. The molecule has 0 aliphatic carbocycles. The maximum Gasteiger partial charge on any atom is 0.323 e. The molecule has 0 spiro atoms. The van der Waals surface area contributed by atoms with Crippen molar-refractivity contribution in [1.82, 2.24) is 10.3 Å². The molecule has 3 amide bonds. The van der Waals surface area contributed by atoms with Crippen LogP contribution in [0.5, 0.6) is 11.5 Å². The molecular weight excluding hydrogens is 388 g/mol. The number of ether oxygens (including phenoxy) is 1. The number of para-hydroxylation sites is 2. The van der Waals surface area contributed by atoms with Crippen LogP contribution in [-0.4, -0.2) is 30.0 Å². The zero-order valence-electron chi connectivity index (χ0n) is 15.8. The number of carbonyl (C=O) groups excluding carboxylic acids is 2. The van der Waals surface area contributed by atoms with E-state index in [1.54, 1.807) is 16.3 Å². The standard InChI is InChI=1S/C21H20N4O3S/c1-14-5-4-6-16(11-14)28-18-8-3-2-7-17(18)24-19(26)12-15-13-29-21(23-15)25-10-9-22-20(25)27/h2-8,11,13H,9-10,12H2,1H3,(H,22,27)(H,24,26). The summed E-state index contributed by atoms with van der Waals surface area (Å²) in [7, 11) is 0. The number of benzene rings is 2. The first-order valence-corrected chi connectivity index (χ1v) is 10.1. The van der Waals surface area contributed by atoms with Gasteiger partial charge >= 0.3 is 6.03 Å². The normalized spacial score (nSPS) is 13.3. The summed E-state index contributed by atoms with van der Waals surface area (Å²) in [6.07, 6.45) is 0.116. The fourth-order valence-electron chi connectivity index (χ4n) is 2.98. The van der Waals surface area contributed by atoms with Crippen LogP contribution in [0.15, 0.2) is 53.9 Å². The summed E-state index contributed by atoms with van der Waals surface area (Å²) in [6.45, 7) is 3.18. The predicted molar refractivity (Wildman–Crippen MR) is 113 cm³/mol. The monoisotopic (exact) mass is 408 g/mol. The lowest BCUT2D eigenvalue weighted by atomic mass is 10.2. The molecule has 1 saturated heterocycles. The third kappa shape index (κ3) is 4.55. The van der Waals surface area contributed by atoms with Crippen molar-refractivity contribution in [2.75, 3.05) is 23.3 Å². The third-order valence-corrected chi connectivity index (χ3v) is 5.26. The van der Waals surface area contributed by atoms with Gasteiger partial charge in [-0.3, -0.25) is 9.69 Å². The maximum absolute atomic E-state index is 12.5. The molecule has 0 unspecified atom stereocenters. The second-order valence-corrected chi connectivity index (χ2v) is 7.48. The minimum Gasteiger partial charge on any atom is -0.455 e. The molecule has 29 heavy (non-hydrogen) atoms. The summed E-state index contributed by atoms with van der Waals surface area (Å²) in [5.41, 5.74) is 2.31. The number of urea groups is 1. The predicted octanol–water partition coefficient (Wildman–Crippen LogP) is 3.95. The Morgan fingerprint density at radius 3 is 2.93 bits per heavy atom. The molecule has 1 aromatic heterocycles. The first-order valence-electron chi connectivity index (χ1n) is 9.22. The topological polar surface area (TPSA) is 83.6 Å². The molecule has 2 N–H and O–H groups in total. The second kappa shape index (κ2) is 8.32. The van der Waals surface area contributed by atoms with Gasteiger partial charge in [-0.05, 0) is 36.8 Å². The molecule has 3 aromatic rings. The molecule has 4 rings (SSSR count). The fraction of sp³-hybridized carbons (Fsp3) is 0.190. The van der Waals surface area contributed by atoms with Crippen molar-refractivity contribution in [1.29, 1.82) is 0 Å². The highest BCUT2D eigenvalue weighted by molar-refractivity contribution is 7.14. The molecule has 7 nitrogen and oxygen atoms in total. The molecule has 0 bridgehead atoms. The lowest BCUT2D eigenvalue weighted by molar-refractivity contribution is -0.115. The molecule has 8 heteroatoms. The molecular formula is C21H20N4O3S. The van der Waals surface area contributed by atoms with E-state index in [2.05, 4.69) is 15.6 Å². The highest BCUT2D eigenvalue weighted by Crippen LogP contribution is 2.30. The Bertz CT molecular complexity index is 1050. The van der Waals surface area contributed by atoms with Gasteiger partial charge < -0.3 is 15.4 Å². The Labute approximate surface area is 172 Å². The smallest absolute Gasteiger partial charge is 0.323 e. The van der Waals surface area contributed by atoms with Crippen LogP contribution in [0.2, 0.25) is 0 Å². The van der Waals surface area contributed by atoms with E-state index in [9.17, 15) is 9.59 Å². The van der Waals surface area contributed by atoms with Crippen LogP contribution in [0.4, 0.5) is 15.6 Å². The van der Waals surface area contributed by atoms with E-state index in [1.165, 1.54) is 11.3 Å². The van der Waals surface area contributed by atoms with E-state index in [-0.39, 0.29) is 18.4 Å². The molecule has 148 valence electrons. The van der Waals surface area contributed by atoms with Crippen LogP contribution in [0.1, 0.15) is 11.3 Å². The van der Waals surface area contributed by atoms with E-state index in [4.69, 9.17) is 4.74 Å². The second-order valence-electron chi connectivity index (χ2n) is 6.64. The van der Waals surface area contributed by atoms with Gasteiger partial charge in [0, 0.05) is 18.5 Å². The van der Waals surface area contributed by atoms with Gasteiger partial charge in [0.25, 0.3) is 0 Å². The molecule has 0 radical (unpaired) electrons.